The molecule has 3 heteroatoms. The molecule has 1 rings (SSSR count). The van der Waals surface area contributed by atoms with Crippen LogP contribution in [0.5, 0.6) is 0 Å². The van der Waals surface area contributed by atoms with Gasteiger partial charge in [-0.15, -0.1) is 0 Å². The van der Waals surface area contributed by atoms with Crippen LogP contribution in [-0.2, 0) is 9.13 Å². The monoisotopic (exact) mass is 224 g/mol. The summed E-state index contributed by atoms with van der Waals surface area (Å²) in [5.41, 5.74) is 1.24. The van der Waals surface area contributed by atoms with Crippen molar-refractivity contribution < 1.29 is 9.13 Å². The maximum atomic E-state index is 10.5. The molecule has 1 unspecified atom stereocenters. The standard InChI is InChI=1S/C12H17O2P/c1-3-11-5-7-12(4-2,8-6-11)9-10-15(13)14/h5-7,9-10H,3-4,8H2,1-2H3. The largest absolute Gasteiger partial charge is 0.341 e. The Balaban J connectivity index is 2.83. The van der Waals surface area contributed by atoms with Gasteiger partial charge in [-0.1, -0.05) is 43.7 Å². The molecule has 0 bridgehead atoms. The van der Waals surface area contributed by atoms with Crippen LogP contribution in [0.4, 0.5) is 0 Å². The Morgan fingerprint density at radius 2 is 2.20 bits per heavy atom. The number of hydrogen-bond acceptors (Lipinski definition) is 2. The lowest BCUT2D eigenvalue weighted by Gasteiger charge is -2.27. The van der Waals surface area contributed by atoms with Crippen LogP contribution < -0.4 is 0 Å². The fourth-order valence-corrected chi connectivity index (χ4v) is 2.12. The van der Waals surface area contributed by atoms with Gasteiger partial charge in [0.2, 0.25) is 0 Å². The van der Waals surface area contributed by atoms with Crippen molar-refractivity contribution in [1.82, 2.24) is 0 Å². The molecule has 2 nitrogen and oxygen atoms in total. The van der Waals surface area contributed by atoms with E-state index < -0.39 is 7.68 Å². The Kier molecular flexibility index (Phi) is 4.28. The maximum Gasteiger partial charge on any atom is 0.341 e. The van der Waals surface area contributed by atoms with Crippen molar-refractivity contribution in [3.63, 3.8) is 0 Å². The molecule has 0 N–H and O–H groups in total. The van der Waals surface area contributed by atoms with Crippen LogP contribution >= 0.6 is 7.68 Å². The molecule has 0 saturated heterocycles. The Morgan fingerprint density at radius 3 is 2.60 bits per heavy atom. The SMILES string of the molecule is CCC1=CCC(C=CP(=O)=O)(CC)C=C1. The molecule has 0 heterocycles. The lowest BCUT2D eigenvalue weighted by Crippen LogP contribution is -2.14. The van der Waals surface area contributed by atoms with Gasteiger partial charge in [0.1, 0.15) is 0 Å². The van der Waals surface area contributed by atoms with Crippen LogP contribution in [0.25, 0.3) is 0 Å². The van der Waals surface area contributed by atoms with Crippen LogP contribution in [0.15, 0.2) is 35.7 Å². The van der Waals surface area contributed by atoms with E-state index in [1.807, 2.05) is 0 Å². The minimum absolute atomic E-state index is 0.0892. The van der Waals surface area contributed by atoms with Crippen molar-refractivity contribution in [2.45, 2.75) is 33.1 Å². The average molecular weight is 224 g/mol. The van der Waals surface area contributed by atoms with Gasteiger partial charge in [-0.05, 0) is 19.3 Å². The van der Waals surface area contributed by atoms with Gasteiger partial charge in [-0.3, -0.25) is 0 Å². The Labute approximate surface area is 91.6 Å². The first-order valence-corrected chi connectivity index (χ1v) is 6.57. The van der Waals surface area contributed by atoms with Crippen molar-refractivity contribution in [3.8, 4) is 0 Å². The van der Waals surface area contributed by atoms with E-state index in [0.717, 1.165) is 19.3 Å². The molecule has 0 saturated carbocycles. The molecule has 1 atom stereocenters. The highest BCUT2D eigenvalue weighted by molar-refractivity contribution is 7.34. The summed E-state index contributed by atoms with van der Waals surface area (Å²) in [5, 5.41) is 0. The fraction of sp³-hybridized carbons (Fsp3) is 0.500. The molecule has 0 aromatic heterocycles. The third kappa shape index (κ3) is 3.32. The van der Waals surface area contributed by atoms with Crippen LogP contribution in [0.3, 0.4) is 0 Å². The van der Waals surface area contributed by atoms with E-state index in [4.69, 9.17) is 0 Å². The summed E-state index contributed by atoms with van der Waals surface area (Å²) >= 11 is 0. The van der Waals surface area contributed by atoms with Crippen LogP contribution in [0.1, 0.15) is 33.1 Å². The summed E-state index contributed by atoms with van der Waals surface area (Å²) in [4.78, 5) is 0. The molecule has 0 radical (unpaired) electrons. The zero-order valence-corrected chi connectivity index (χ0v) is 10.2. The van der Waals surface area contributed by atoms with Gasteiger partial charge in [-0.2, -0.15) is 0 Å². The highest BCUT2D eigenvalue weighted by Crippen LogP contribution is 2.36. The average Bonchev–Trinajstić information content (AvgIpc) is 2.27. The summed E-state index contributed by atoms with van der Waals surface area (Å²) in [5.74, 6) is 1.29. The second kappa shape index (κ2) is 5.27. The predicted molar refractivity (Wildman–Crippen MR) is 62.3 cm³/mol. The zero-order chi connectivity index (χ0) is 11.3. The number of rotatable bonds is 4. The summed E-state index contributed by atoms with van der Waals surface area (Å²) < 4.78 is 21.1. The molecule has 0 spiro atoms. The molecule has 0 aromatic carbocycles. The first-order chi connectivity index (χ1) is 7.12. The van der Waals surface area contributed by atoms with Gasteiger partial charge < -0.3 is 0 Å². The molecule has 82 valence electrons. The maximum absolute atomic E-state index is 10.5. The van der Waals surface area contributed by atoms with Gasteiger partial charge in [0, 0.05) is 11.2 Å². The first kappa shape index (κ1) is 12.2. The van der Waals surface area contributed by atoms with Crippen molar-refractivity contribution in [3.05, 3.63) is 35.7 Å². The topological polar surface area (TPSA) is 34.1 Å². The van der Waals surface area contributed by atoms with Gasteiger partial charge in [0.25, 0.3) is 0 Å². The Morgan fingerprint density at radius 1 is 1.47 bits per heavy atom. The van der Waals surface area contributed by atoms with Crippen LogP contribution in [-0.4, -0.2) is 0 Å². The van der Waals surface area contributed by atoms with Gasteiger partial charge in [0.15, 0.2) is 0 Å². The first-order valence-electron chi connectivity index (χ1n) is 5.33. The molecule has 0 amide bonds. The van der Waals surface area contributed by atoms with E-state index in [1.165, 1.54) is 11.4 Å². The molecule has 0 aliphatic heterocycles. The molecule has 15 heavy (non-hydrogen) atoms. The minimum atomic E-state index is -2.41. The molecular formula is C12H17O2P. The highest BCUT2D eigenvalue weighted by Gasteiger charge is 2.22. The van der Waals surface area contributed by atoms with Crippen molar-refractivity contribution >= 4 is 7.68 Å². The predicted octanol–water partition coefficient (Wildman–Crippen LogP) is 4.37. The summed E-state index contributed by atoms with van der Waals surface area (Å²) in [7, 11) is -2.41. The second-order valence-corrected chi connectivity index (χ2v) is 4.73. The van der Waals surface area contributed by atoms with Gasteiger partial charge in [-0.25, -0.2) is 9.13 Å². The molecule has 1 aliphatic rings. The molecule has 1 aliphatic carbocycles. The minimum Gasteiger partial charge on any atom is -0.232 e. The van der Waals surface area contributed by atoms with Gasteiger partial charge in [0.05, 0.1) is 0 Å². The quantitative estimate of drug-likeness (QED) is 0.664. The van der Waals surface area contributed by atoms with E-state index in [0.29, 0.717) is 0 Å². The molecular weight excluding hydrogens is 207 g/mol. The van der Waals surface area contributed by atoms with Crippen molar-refractivity contribution in [1.29, 1.82) is 0 Å². The lowest BCUT2D eigenvalue weighted by atomic mass is 9.78. The smallest absolute Gasteiger partial charge is 0.232 e. The summed E-state index contributed by atoms with van der Waals surface area (Å²) in [6.45, 7) is 4.21. The van der Waals surface area contributed by atoms with E-state index in [1.54, 1.807) is 6.08 Å². The summed E-state index contributed by atoms with van der Waals surface area (Å²) in [6, 6.07) is 0. The Hall–Kier alpha value is -0.880. The second-order valence-electron chi connectivity index (χ2n) is 3.86. The summed E-state index contributed by atoms with van der Waals surface area (Å²) in [6.07, 6.45) is 11.1. The number of allylic oxidation sites excluding steroid dienone is 5. The number of hydrogen-bond donors (Lipinski definition) is 0. The van der Waals surface area contributed by atoms with E-state index in [2.05, 4.69) is 32.1 Å². The normalized spacial score (nSPS) is 25.6. The zero-order valence-electron chi connectivity index (χ0n) is 9.27. The van der Waals surface area contributed by atoms with Crippen LogP contribution in [0.2, 0.25) is 0 Å². The Bertz CT molecular complexity index is 367. The van der Waals surface area contributed by atoms with E-state index in [-0.39, 0.29) is 5.41 Å². The van der Waals surface area contributed by atoms with Crippen molar-refractivity contribution in [2.24, 2.45) is 5.41 Å². The third-order valence-electron chi connectivity index (χ3n) is 2.97. The lowest BCUT2D eigenvalue weighted by molar-refractivity contribution is 0.472. The van der Waals surface area contributed by atoms with E-state index in [9.17, 15) is 9.13 Å². The third-order valence-corrected chi connectivity index (χ3v) is 3.36. The molecule has 0 aromatic rings. The van der Waals surface area contributed by atoms with Crippen LogP contribution in [0, 0.1) is 5.41 Å². The fourth-order valence-electron chi connectivity index (χ4n) is 1.71. The van der Waals surface area contributed by atoms with Crippen molar-refractivity contribution in [2.75, 3.05) is 0 Å². The van der Waals surface area contributed by atoms with Gasteiger partial charge >= 0.3 is 7.68 Å². The van der Waals surface area contributed by atoms with E-state index >= 15 is 0 Å². The molecule has 0 fully saturated rings. The highest BCUT2D eigenvalue weighted by atomic mass is 31.1.